The standard InChI is InChI=1S/C16H17N3O.ClH/c1-20-15-9-5-3-7-13(15)11-19-10-12-6-2-4-8-14(12)18-16(19)17;/h2-9H,10-11H2,1H3,(H2,17,18);1H. The molecule has 0 atom stereocenters. The van der Waals surface area contributed by atoms with Gasteiger partial charge in [-0.2, -0.15) is 0 Å². The summed E-state index contributed by atoms with van der Waals surface area (Å²) >= 11 is 0. The predicted molar refractivity (Wildman–Crippen MR) is 87.2 cm³/mol. The molecule has 0 radical (unpaired) electrons. The van der Waals surface area contributed by atoms with Gasteiger partial charge in [0.2, 0.25) is 0 Å². The number of guanidine groups is 1. The van der Waals surface area contributed by atoms with Gasteiger partial charge in [-0.3, -0.25) is 0 Å². The van der Waals surface area contributed by atoms with Gasteiger partial charge in [0.1, 0.15) is 5.75 Å². The van der Waals surface area contributed by atoms with Crippen LogP contribution >= 0.6 is 12.4 Å². The van der Waals surface area contributed by atoms with Gasteiger partial charge < -0.3 is 15.4 Å². The number of hydrogen-bond donors (Lipinski definition) is 1. The second kappa shape index (κ2) is 6.50. The van der Waals surface area contributed by atoms with Crippen LogP contribution in [0.2, 0.25) is 0 Å². The van der Waals surface area contributed by atoms with E-state index >= 15 is 0 Å². The zero-order valence-corrected chi connectivity index (χ0v) is 12.6. The molecule has 0 aromatic heterocycles. The van der Waals surface area contributed by atoms with Crippen molar-refractivity contribution in [3.8, 4) is 5.75 Å². The van der Waals surface area contributed by atoms with Crippen molar-refractivity contribution < 1.29 is 4.74 Å². The van der Waals surface area contributed by atoms with Crippen molar-refractivity contribution in [3.05, 3.63) is 59.7 Å². The average Bonchev–Trinajstić information content (AvgIpc) is 2.48. The second-order valence-electron chi connectivity index (χ2n) is 4.77. The van der Waals surface area contributed by atoms with Crippen molar-refractivity contribution in [2.45, 2.75) is 13.1 Å². The molecule has 0 aliphatic carbocycles. The van der Waals surface area contributed by atoms with Crippen LogP contribution in [0.3, 0.4) is 0 Å². The molecular formula is C16H18ClN3O. The first-order chi connectivity index (χ1) is 9.78. The van der Waals surface area contributed by atoms with Crippen molar-refractivity contribution in [1.82, 2.24) is 4.90 Å². The molecule has 1 heterocycles. The fourth-order valence-corrected chi connectivity index (χ4v) is 2.41. The van der Waals surface area contributed by atoms with Gasteiger partial charge in [0.25, 0.3) is 0 Å². The lowest BCUT2D eigenvalue weighted by Gasteiger charge is -2.28. The SMILES string of the molecule is COc1ccccc1CN1Cc2ccccc2N=C1N.Cl. The largest absolute Gasteiger partial charge is 0.496 e. The third kappa shape index (κ3) is 3.11. The van der Waals surface area contributed by atoms with E-state index in [2.05, 4.69) is 16.0 Å². The highest BCUT2D eigenvalue weighted by Crippen LogP contribution is 2.27. The normalized spacial score (nSPS) is 13.0. The first-order valence-corrected chi connectivity index (χ1v) is 6.57. The summed E-state index contributed by atoms with van der Waals surface area (Å²) in [5, 5.41) is 0. The highest BCUT2D eigenvalue weighted by molar-refractivity contribution is 5.85. The molecule has 0 amide bonds. The Balaban J connectivity index is 0.00000161. The van der Waals surface area contributed by atoms with Crippen LogP contribution < -0.4 is 10.5 Å². The van der Waals surface area contributed by atoms with E-state index in [0.29, 0.717) is 12.5 Å². The molecule has 3 rings (SSSR count). The minimum atomic E-state index is 0. The smallest absolute Gasteiger partial charge is 0.197 e. The first-order valence-electron chi connectivity index (χ1n) is 6.57. The van der Waals surface area contributed by atoms with Crippen LogP contribution in [0.1, 0.15) is 11.1 Å². The van der Waals surface area contributed by atoms with E-state index in [4.69, 9.17) is 10.5 Å². The molecule has 0 bridgehead atoms. The van der Waals surface area contributed by atoms with Crippen molar-refractivity contribution in [2.75, 3.05) is 7.11 Å². The van der Waals surface area contributed by atoms with E-state index in [0.717, 1.165) is 23.5 Å². The molecule has 0 saturated carbocycles. The molecule has 2 aromatic rings. The Hall–Kier alpha value is -2.20. The molecule has 5 heteroatoms. The lowest BCUT2D eigenvalue weighted by molar-refractivity contribution is 0.370. The van der Waals surface area contributed by atoms with E-state index in [1.807, 2.05) is 42.5 Å². The van der Waals surface area contributed by atoms with Gasteiger partial charge in [-0.05, 0) is 17.7 Å². The number of benzene rings is 2. The molecule has 0 unspecified atom stereocenters. The zero-order chi connectivity index (χ0) is 13.9. The Morgan fingerprint density at radius 3 is 2.67 bits per heavy atom. The number of nitrogens with zero attached hydrogens (tertiary/aromatic N) is 2. The van der Waals surface area contributed by atoms with E-state index in [1.165, 1.54) is 5.56 Å². The van der Waals surface area contributed by atoms with E-state index in [9.17, 15) is 0 Å². The highest BCUT2D eigenvalue weighted by atomic mass is 35.5. The van der Waals surface area contributed by atoms with Gasteiger partial charge in [0, 0.05) is 18.7 Å². The maximum atomic E-state index is 6.07. The summed E-state index contributed by atoms with van der Waals surface area (Å²) in [7, 11) is 1.68. The quantitative estimate of drug-likeness (QED) is 0.948. The average molecular weight is 304 g/mol. The number of rotatable bonds is 3. The topological polar surface area (TPSA) is 50.8 Å². The zero-order valence-electron chi connectivity index (χ0n) is 11.8. The second-order valence-corrected chi connectivity index (χ2v) is 4.77. The lowest BCUT2D eigenvalue weighted by atomic mass is 10.1. The van der Waals surface area contributed by atoms with Crippen molar-refractivity contribution >= 4 is 24.1 Å². The Labute approximate surface area is 130 Å². The van der Waals surface area contributed by atoms with Gasteiger partial charge in [0.15, 0.2) is 5.96 Å². The Bertz CT molecular complexity index is 657. The van der Waals surface area contributed by atoms with Crippen LogP contribution in [0.15, 0.2) is 53.5 Å². The first kappa shape index (κ1) is 15.2. The number of aliphatic imine (C=N–C) groups is 1. The summed E-state index contributed by atoms with van der Waals surface area (Å²) < 4.78 is 5.38. The minimum Gasteiger partial charge on any atom is -0.496 e. The molecule has 4 nitrogen and oxygen atoms in total. The van der Waals surface area contributed by atoms with Gasteiger partial charge in [-0.25, -0.2) is 4.99 Å². The number of nitrogens with two attached hydrogens (primary N) is 1. The predicted octanol–water partition coefficient (Wildman–Crippen LogP) is 3.08. The van der Waals surface area contributed by atoms with Crippen molar-refractivity contribution in [2.24, 2.45) is 10.7 Å². The van der Waals surface area contributed by atoms with Crippen LogP contribution in [-0.2, 0) is 13.1 Å². The van der Waals surface area contributed by atoms with E-state index in [-0.39, 0.29) is 12.4 Å². The van der Waals surface area contributed by atoms with Crippen molar-refractivity contribution in [1.29, 1.82) is 0 Å². The van der Waals surface area contributed by atoms with Crippen LogP contribution in [0.25, 0.3) is 0 Å². The summed E-state index contributed by atoms with van der Waals surface area (Å²) in [5.41, 5.74) is 9.32. The molecule has 0 saturated heterocycles. The van der Waals surface area contributed by atoms with Crippen LogP contribution in [0, 0.1) is 0 Å². The molecule has 0 spiro atoms. The maximum Gasteiger partial charge on any atom is 0.197 e. The van der Waals surface area contributed by atoms with Gasteiger partial charge >= 0.3 is 0 Å². The van der Waals surface area contributed by atoms with Crippen LogP contribution in [0.4, 0.5) is 5.69 Å². The van der Waals surface area contributed by atoms with Crippen LogP contribution in [0.5, 0.6) is 5.75 Å². The molecule has 110 valence electrons. The third-order valence-corrected chi connectivity index (χ3v) is 3.47. The summed E-state index contributed by atoms with van der Waals surface area (Å²) in [5.74, 6) is 1.42. The summed E-state index contributed by atoms with van der Waals surface area (Å²) in [6.07, 6.45) is 0. The summed E-state index contributed by atoms with van der Waals surface area (Å²) in [6.45, 7) is 1.46. The summed E-state index contributed by atoms with van der Waals surface area (Å²) in [6, 6.07) is 16.0. The molecular weight excluding hydrogens is 286 g/mol. The van der Waals surface area contributed by atoms with Crippen LogP contribution in [-0.4, -0.2) is 18.0 Å². The number of halogens is 1. The van der Waals surface area contributed by atoms with E-state index < -0.39 is 0 Å². The van der Waals surface area contributed by atoms with E-state index in [1.54, 1.807) is 7.11 Å². The summed E-state index contributed by atoms with van der Waals surface area (Å²) in [4.78, 5) is 6.51. The third-order valence-electron chi connectivity index (χ3n) is 3.47. The fraction of sp³-hybridized carbons (Fsp3) is 0.188. The molecule has 21 heavy (non-hydrogen) atoms. The number of methoxy groups -OCH3 is 1. The molecule has 2 aromatic carbocycles. The Morgan fingerprint density at radius 2 is 1.86 bits per heavy atom. The molecule has 0 fully saturated rings. The van der Waals surface area contributed by atoms with Crippen molar-refractivity contribution in [3.63, 3.8) is 0 Å². The maximum absolute atomic E-state index is 6.07. The minimum absolute atomic E-state index is 0. The fourth-order valence-electron chi connectivity index (χ4n) is 2.41. The Morgan fingerprint density at radius 1 is 1.14 bits per heavy atom. The van der Waals surface area contributed by atoms with Gasteiger partial charge in [0.05, 0.1) is 12.8 Å². The monoisotopic (exact) mass is 303 g/mol. The number of fused-ring (bicyclic) bond motifs is 1. The lowest BCUT2D eigenvalue weighted by Crippen LogP contribution is -2.38. The highest BCUT2D eigenvalue weighted by Gasteiger charge is 2.18. The number of hydrogen-bond acceptors (Lipinski definition) is 4. The Kier molecular flexibility index (Phi) is 4.70. The molecule has 2 N–H and O–H groups in total. The molecule has 1 aliphatic heterocycles. The van der Waals surface area contributed by atoms with Gasteiger partial charge in [-0.15, -0.1) is 12.4 Å². The van der Waals surface area contributed by atoms with Gasteiger partial charge in [-0.1, -0.05) is 36.4 Å². The molecule has 1 aliphatic rings. The number of para-hydroxylation sites is 2. The number of ether oxygens (including phenoxy) is 1.